The average molecular weight is 386 g/mol. The van der Waals surface area contributed by atoms with Gasteiger partial charge in [0.2, 0.25) is 0 Å². The first kappa shape index (κ1) is 14.3. The lowest BCUT2D eigenvalue weighted by atomic mass is 9.87. The highest BCUT2D eigenvalue weighted by Crippen LogP contribution is 2.36. The van der Waals surface area contributed by atoms with Crippen molar-refractivity contribution >= 4 is 27.4 Å². The Hall–Kier alpha value is -2.06. The van der Waals surface area contributed by atoms with Gasteiger partial charge in [-0.1, -0.05) is 0 Å². The molecule has 0 saturated carbocycles. The number of piperazine rings is 1. The summed E-state index contributed by atoms with van der Waals surface area (Å²) in [5, 5.41) is 12.5. The number of anilines is 1. The van der Waals surface area contributed by atoms with Gasteiger partial charge in [-0.15, -0.1) is 15.3 Å². The average Bonchev–Trinajstić information content (AvgIpc) is 3.05. The number of pyridine rings is 1. The molecule has 122 valence electrons. The zero-order chi connectivity index (χ0) is 16.1. The topological polar surface area (TPSA) is 62.5 Å². The molecule has 0 N–H and O–H groups in total. The van der Waals surface area contributed by atoms with Gasteiger partial charge in [-0.05, 0) is 46.6 Å². The van der Waals surface area contributed by atoms with Crippen LogP contribution in [-0.2, 0) is 6.54 Å². The fourth-order valence-electron chi connectivity index (χ4n) is 3.79. The summed E-state index contributed by atoms with van der Waals surface area (Å²) in [6.07, 6.45) is 4.76. The van der Waals surface area contributed by atoms with Gasteiger partial charge >= 0.3 is 0 Å². The predicted octanol–water partition coefficient (Wildman–Crippen LogP) is 1.74. The van der Waals surface area contributed by atoms with Gasteiger partial charge in [-0.3, -0.25) is 9.88 Å². The first-order valence-electron chi connectivity index (χ1n) is 8.04. The Bertz CT molecular complexity index is 866. The molecule has 0 aliphatic carbocycles. The van der Waals surface area contributed by atoms with Crippen LogP contribution in [0.4, 0.5) is 5.82 Å². The Morgan fingerprint density at radius 3 is 2.79 bits per heavy atom. The summed E-state index contributed by atoms with van der Waals surface area (Å²) >= 11 is 3.43. The molecular weight excluding hydrogens is 370 g/mol. The van der Waals surface area contributed by atoms with Crippen molar-refractivity contribution in [1.82, 2.24) is 29.7 Å². The maximum atomic E-state index is 4.64. The van der Waals surface area contributed by atoms with Crippen LogP contribution in [0, 0.1) is 0 Å². The van der Waals surface area contributed by atoms with E-state index in [4.69, 9.17) is 0 Å². The van der Waals surface area contributed by atoms with Crippen LogP contribution in [0.15, 0.2) is 41.3 Å². The van der Waals surface area contributed by atoms with E-state index < -0.39 is 0 Å². The monoisotopic (exact) mass is 385 g/mol. The van der Waals surface area contributed by atoms with Crippen molar-refractivity contribution in [2.24, 2.45) is 0 Å². The Balaban J connectivity index is 1.30. The Labute approximate surface area is 147 Å². The van der Waals surface area contributed by atoms with Gasteiger partial charge in [-0.2, -0.15) is 4.52 Å². The summed E-state index contributed by atoms with van der Waals surface area (Å²) in [6.45, 7) is 3.01. The smallest absolute Gasteiger partial charge is 0.177 e. The first-order chi connectivity index (χ1) is 11.8. The molecule has 0 amide bonds. The van der Waals surface area contributed by atoms with E-state index in [0.29, 0.717) is 12.1 Å². The molecule has 2 unspecified atom stereocenters. The van der Waals surface area contributed by atoms with E-state index in [0.717, 1.165) is 41.3 Å². The molecule has 8 heteroatoms. The number of hydrogen-bond donors (Lipinski definition) is 0. The van der Waals surface area contributed by atoms with Crippen molar-refractivity contribution in [3.05, 3.63) is 47.0 Å². The number of fused-ring (bicyclic) bond motifs is 3. The van der Waals surface area contributed by atoms with Crippen molar-refractivity contribution in [2.75, 3.05) is 18.0 Å². The Morgan fingerprint density at radius 2 is 2.00 bits per heavy atom. The predicted molar refractivity (Wildman–Crippen MR) is 92.7 cm³/mol. The van der Waals surface area contributed by atoms with Crippen LogP contribution < -0.4 is 4.90 Å². The van der Waals surface area contributed by atoms with E-state index in [9.17, 15) is 0 Å². The van der Waals surface area contributed by atoms with Crippen LogP contribution in [0.1, 0.15) is 12.1 Å². The van der Waals surface area contributed by atoms with Crippen LogP contribution in [0.3, 0.4) is 0 Å². The molecule has 6 rings (SSSR count). The highest BCUT2D eigenvalue weighted by Gasteiger charge is 2.45. The van der Waals surface area contributed by atoms with Gasteiger partial charge in [0.15, 0.2) is 5.65 Å². The molecule has 24 heavy (non-hydrogen) atoms. The number of nitrogens with zero attached hydrogens (tertiary/aromatic N) is 7. The second kappa shape index (κ2) is 5.49. The first-order valence-corrected chi connectivity index (χ1v) is 8.84. The molecule has 3 aromatic rings. The molecular formula is C16H16BrN7. The second-order valence-corrected chi connectivity index (χ2v) is 7.35. The molecule has 3 aliphatic rings. The third-order valence-electron chi connectivity index (χ3n) is 4.86. The van der Waals surface area contributed by atoms with Gasteiger partial charge in [-0.25, -0.2) is 0 Å². The van der Waals surface area contributed by atoms with Gasteiger partial charge in [0.05, 0.1) is 5.69 Å². The van der Waals surface area contributed by atoms with Crippen molar-refractivity contribution in [3.63, 3.8) is 0 Å². The van der Waals surface area contributed by atoms with Gasteiger partial charge in [0.1, 0.15) is 12.1 Å². The van der Waals surface area contributed by atoms with Crippen LogP contribution in [0.25, 0.3) is 5.65 Å². The van der Waals surface area contributed by atoms with Gasteiger partial charge < -0.3 is 4.90 Å². The molecule has 6 heterocycles. The van der Waals surface area contributed by atoms with Gasteiger partial charge in [0.25, 0.3) is 0 Å². The largest absolute Gasteiger partial charge is 0.346 e. The van der Waals surface area contributed by atoms with Crippen molar-refractivity contribution in [1.29, 1.82) is 0 Å². The molecule has 2 atom stereocenters. The molecule has 3 aromatic heterocycles. The second-order valence-electron chi connectivity index (χ2n) is 6.44. The Morgan fingerprint density at radius 1 is 1.12 bits per heavy atom. The summed E-state index contributed by atoms with van der Waals surface area (Å²) in [6, 6.07) is 9.23. The summed E-state index contributed by atoms with van der Waals surface area (Å²) in [4.78, 5) is 9.41. The van der Waals surface area contributed by atoms with Crippen LogP contribution >= 0.6 is 15.9 Å². The number of halogens is 1. The molecule has 3 fully saturated rings. The lowest BCUT2D eigenvalue weighted by Crippen LogP contribution is -2.69. The Kier molecular flexibility index (Phi) is 3.27. The molecule has 3 saturated heterocycles. The maximum Gasteiger partial charge on any atom is 0.177 e. The molecule has 0 aromatic carbocycles. The van der Waals surface area contributed by atoms with E-state index in [1.807, 2.05) is 12.3 Å². The van der Waals surface area contributed by atoms with Crippen molar-refractivity contribution < 1.29 is 0 Å². The fourth-order valence-corrected chi connectivity index (χ4v) is 4.02. The molecule has 3 aliphatic heterocycles. The lowest BCUT2D eigenvalue weighted by Gasteiger charge is -2.56. The van der Waals surface area contributed by atoms with E-state index in [1.54, 1.807) is 10.8 Å². The third-order valence-corrected chi connectivity index (χ3v) is 5.32. The summed E-state index contributed by atoms with van der Waals surface area (Å²) in [5.74, 6) is 1.02. The number of piperidine rings is 1. The summed E-state index contributed by atoms with van der Waals surface area (Å²) in [7, 11) is 0. The minimum Gasteiger partial charge on any atom is -0.346 e. The number of rotatable bonds is 3. The van der Waals surface area contributed by atoms with Crippen LogP contribution in [-0.4, -0.2) is 54.9 Å². The SMILES string of the molecule is Brc1ccc(CN2CC3CC(C2)N3c2ccc3nncn3n2)nc1. The third kappa shape index (κ3) is 2.37. The minimum absolute atomic E-state index is 0.528. The van der Waals surface area contributed by atoms with E-state index >= 15 is 0 Å². The maximum absolute atomic E-state index is 4.64. The van der Waals surface area contributed by atoms with E-state index in [-0.39, 0.29) is 0 Å². The highest BCUT2D eigenvalue weighted by atomic mass is 79.9. The normalized spacial score (nSPS) is 23.5. The van der Waals surface area contributed by atoms with E-state index in [2.05, 4.69) is 64.2 Å². The fraction of sp³-hybridized carbons (Fsp3) is 0.375. The zero-order valence-electron chi connectivity index (χ0n) is 13.0. The standard InChI is InChI=1S/C16H16BrN7/c17-11-1-2-12(18-6-11)7-22-8-13-5-14(9-22)24(13)16-4-3-15-20-19-10-23(15)21-16/h1-4,6,10,13-14H,5,7-9H2. The molecule has 0 spiro atoms. The summed E-state index contributed by atoms with van der Waals surface area (Å²) in [5.41, 5.74) is 1.91. The van der Waals surface area contributed by atoms with Crippen molar-refractivity contribution in [3.8, 4) is 0 Å². The number of aromatic nitrogens is 5. The van der Waals surface area contributed by atoms with Crippen LogP contribution in [0.2, 0.25) is 0 Å². The summed E-state index contributed by atoms with van der Waals surface area (Å²) < 4.78 is 2.77. The molecule has 0 radical (unpaired) electrons. The van der Waals surface area contributed by atoms with Crippen LogP contribution in [0.5, 0.6) is 0 Å². The highest BCUT2D eigenvalue weighted by molar-refractivity contribution is 9.10. The minimum atomic E-state index is 0.528. The van der Waals surface area contributed by atoms with Crippen molar-refractivity contribution in [2.45, 2.75) is 25.0 Å². The zero-order valence-corrected chi connectivity index (χ0v) is 14.5. The molecule has 7 nitrogen and oxygen atoms in total. The number of hydrogen-bond acceptors (Lipinski definition) is 6. The molecule has 2 bridgehead atoms. The lowest BCUT2D eigenvalue weighted by molar-refractivity contribution is 0.106. The quantitative estimate of drug-likeness (QED) is 0.684. The van der Waals surface area contributed by atoms with E-state index in [1.165, 1.54) is 6.42 Å². The van der Waals surface area contributed by atoms with Gasteiger partial charge in [0, 0.05) is 42.4 Å².